The molecule has 48 heavy (non-hydrogen) atoms. The van der Waals surface area contributed by atoms with Crippen LogP contribution in [0.5, 0.6) is 17.2 Å². The molecular weight excluding hydrogens is 658 g/mol. The normalized spacial score (nSPS) is 32.8. The van der Waals surface area contributed by atoms with E-state index in [0.717, 1.165) is 0 Å². The highest BCUT2D eigenvalue weighted by molar-refractivity contribution is 6.31. The molecule has 2 aromatic carbocycles. The average Bonchev–Trinajstić information content (AvgIpc) is 3.05. The molecule has 262 valence electrons. The summed E-state index contributed by atoms with van der Waals surface area (Å²) >= 11 is 0. The maximum Gasteiger partial charge on any atom is 0.210 e. The SMILES string of the molecule is COc1cccc2c1C(=O)c1c(O)c3c(c(O)c1C2=O)C[C@@](O)(C(=O)CO)C[C@@H]3O[C@H]1C[C@H]([N+]2(O)CCO[C@H](OC)C2)[C@H](O)[C@H](C)O1.[Cl-]. The Morgan fingerprint density at radius 1 is 1.08 bits per heavy atom. The van der Waals surface area contributed by atoms with E-state index in [2.05, 4.69) is 0 Å². The Hall–Kier alpha value is -3.22. The molecule has 0 bridgehead atoms. The summed E-state index contributed by atoms with van der Waals surface area (Å²) in [6.45, 7) is 0.781. The Labute approximate surface area is 281 Å². The third-order valence-electron chi connectivity index (χ3n) is 9.86. The van der Waals surface area contributed by atoms with E-state index in [9.17, 15) is 45.1 Å². The monoisotopic (exact) mass is 695 g/mol. The third-order valence-corrected chi connectivity index (χ3v) is 9.86. The number of aromatic hydroxyl groups is 2. The highest BCUT2D eigenvalue weighted by Crippen LogP contribution is 2.52. The number of Topliss-reactive ketones (excluding diaryl/α,β-unsaturated/α-hetero) is 1. The van der Waals surface area contributed by atoms with E-state index in [1.165, 1.54) is 32.4 Å². The third kappa shape index (κ3) is 5.67. The smallest absolute Gasteiger partial charge is 0.210 e. The summed E-state index contributed by atoms with van der Waals surface area (Å²) in [4.78, 5) is 40.4. The van der Waals surface area contributed by atoms with Crippen molar-refractivity contribution in [2.75, 3.05) is 40.5 Å². The number of halogens is 1. The highest BCUT2D eigenvalue weighted by Gasteiger charge is 2.54. The first kappa shape index (κ1) is 36.1. The van der Waals surface area contributed by atoms with Gasteiger partial charge in [0, 0.05) is 36.6 Å². The van der Waals surface area contributed by atoms with Gasteiger partial charge in [-0.1, -0.05) is 12.1 Å². The van der Waals surface area contributed by atoms with Gasteiger partial charge in [-0.2, -0.15) is 4.65 Å². The van der Waals surface area contributed by atoms with E-state index in [1.807, 2.05) is 0 Å². The molecule has 2 aromatic rings. The van der Waals surface area contributed by atoms with Gasteiger partial charge >= 0.3 is 0 Å². The Morgan fingerprint density at radius 2 is 1.79 bits per heavy atom. The van der Waals surface area contributed by atoms with Crippen LogP contribution in [0, 0.1) is 0 Å². The Morgan fingerprint density at radius 3 is 2.46 bits per heavy atom. The van der Waals surface area contributed by atoms with Crippen molar-refractivity contribution >= 4 is 17.3 Å². The fourth-order valence-corrected chi connectivity index (χ4v) is 7.36. The minimum absolute atomic E-state index is 0. The molecule has 0 spiro atoms. The first-order valence-electron chi connectivity index (χ1n) is 15.2. The molecule has 4 aliphatic rings. The predicted octanol–water partition coefficient (Wildman–Crippen LogP) is -2.74. The van der Waals surface area contributed by atoms with E-state index >= 15 is 0 Å². The lowest BCUT2D eigenvalue weighted by Crippen LogP contribution is -3.00. The summed E-state index contributed by atoms with van der Waals surface area (Å²) in [5.74, 6) is -3.95. The first-order valence-corrected chi connectivity index (χ1v) is 15.2. The molecule has 0 saturated carbocycles. The van der Waals surface area contributed by atoms with Gasteiger partial charge in [-0.15, -0.1) is 0 Å². The van der Waals surface area contributed by atoms with Gasteiger partial charge in [0.25, 0.3) is 0 Å². The molecule has 16 heteroatoms. The highest BCUT2D eigenvalue weighted by atomic mass is 35.5. The fraction of sp³-hybridized carbons (Fsp3) is 0.531. The molecule has 2 saturated heterocycles. The molecule has 6 rings (SSSR count). The second kappa shape index (κ2) is 13.2. The van der Waals surface area contributed by atoms with E-state index in [1.54, 1.807) is 6.92 Å². The van der Waals surface area contributed by atoms with Gasteiger partial charge in [0.15, 0.2) is 30.4 Å². The number of ether oxygens (including phenoxy) is 5. The summed E-state index contributed by atoms with van der Waals surface area (Å²) in [7, 11) is 2.74. The molecule has 2 aliphatic carbocycles. The van der Waals surface area contributed by atoms with Crippen LogP contribution in [-0.2, 0) is 30.2 Å². The van der Waals surface area contributed by atoms with Crippen molar-refractivity contribution in [3.05, 3.63) is 51.6 Å². The number of morpholine rings is 1. The number of nitrogens with zero attached hydrogens (tertiary/aromatic N) is 1. The van der Waals surface area contributed by atoms with Crippen LogP contribution in [0.3, 0.4) is 0 Å². The van der Waals surface area contributed by atoms with Crippen molar-refractivity contribution in [3.8, 4) is 17.2 Å². The number of aliphatic hydroxyl groups excluding tert-OH is 2. The van der Waals surface area contributed by atoms with Gasteiger partial charge in [0.05, 0.1) is 42.4 Å². The first-order chi connectivity index (χ1) is 22.3. The zero-order chi connectivity index (χ0) is 34.0. The van der Waals surface area contributed by atoms with Crippen molar-refractivity contribution in [1.29, 1.82) is 0 Å². The van der Waals surface area contributed by atoms with E-state index in [-0.39, 0.29) is 66.5 Å². The van der Waals surface area contributed by atoms with Gasteiger partial charge in [0.1, 0.15) is 48.7 Å². The zero-order valence-corrected chi connectivity index (χ0v) is 27.2. The predicted molar refractivity (Wildman–Crippen MR) is 156 cm³/mol. The molecule has 15 nitrogen and oxygen atoms in total. The van der Waals surface area contributed by atoms with Gasteiger partial charge in [-0.3, -0.25) is 14.4 Å². The minimum Gasteiger partial charge on any atom is -1.00 e. The van der Waals surface area contributed by atoms with Crippen LogP contribution in [-0.4, -0.2) is 130 Å². The van der Waals surface area contributed by atoms with Crippen LogP contribution in [0.4, 0.5) is 0 Å². The lowest BCUT2D eigenvalue weighted by Gasteiger charge is -2.48. The van der Waals surface area contributed by atoms with Crippen molar-refractivity contribution in [3.63, 3.8) is 0 Å². The lowest BCUT2D eigenvalue weighted by molar-refractivity contribution is -1.13. The van der Waals surface area contributed by atoms with E-state index in [0.29, 0.717) is 0 Å². The molecule has 8 atom stereocenters. The molecule has 2 aliphatic heterocycles. The van der Waals surface area contributed by atoms with Crippen LogP contribution in [0.15, 0.2) is 18.2 Å². The van der Waals surface area contributed by atoms with E-state index in [4.69, 9.17) is 23.7 Å². The van der Waals surface area contributed by atoms with Gasteiger partial charge in [-0.25, -0.2) is 5.21 Å². The number of hydroxylamine groups is 3. The minimum atomic E-state index is -2.31. The fourth-order valence-electron chi connectivity index (χ4n) is 7.36. The average molecular weight is 696 g/mol. The molecule has 0 aromatic heterocycles. The maximum atomic E-state index is 13.9. The molecule has 1 unspecified atom stereocenters. The topological polar surface area (TPSA) is 219 Å². The quantitative estimate of drug-likeness (QED) is 0.109. The van der Waals surface area contributed by atoms with Crippen LogP contribution in [0.2, 0.25) is 0 Å². The Kier molecular flexibility index (Phi) is 9.95. The summed E-state index contributed by atoms with van der Waals surface area (Å²) in [5, 5.41) is 67.1. The van der Waals surface area contributed by atoms with E-state index < -0.39 is 107 Å². The van der Waals surface area contributed by atoms with Crippen LogP contribution in [0.25, 0.3) is 0 Å². The summed E-state index contributed by atoms with van der Waals surface area (Å²) in [6, 6.07) is 3.48. The number of ketones is 3. The number of hydrogen-bond donors (Lipinski definition) is 6. The summed E-state index contributed by atoms with van der Waals surface area (Å²) < 4.78 is 27.7. The number of methoxy groups -OCH3 is 2. The maximum absolute atomic E-state index is 13.9. The number of quaternary nitrogens is 1. The number of hydrogen-bond acceptors (Lipinski definition) is 14. The van der Waals surface area contributed by atoms with Crippen LogP contribution < -0.4 is 17.1 Å². The number of carbonyl (C=O) groups is 3. The second-order valence-corrected chi connectivity index (χ2v) is 12.5. The number of phenols is 2. The second-order valence-electron chi connectivity index (χ2n) is 12.5. The largest absolute Gasteiger partial charge is 1.00 e. The van der Waals surface area contributed by atoms with Crippen molar-refractivity contribution < 1.29 is 85.9 Å². The molecule has 2 heterocycles. The summed E-state index contributed by atoms with van der Waals surface area (Å²) in [5.41, 5.74) is -3.89. The molecular formula is C32H38ClNO14. The number of carbonyl (C=O) groups excluding carboxylic acids is 3. The van der Waals surface area contributed by atoms with Crippen molar-refractivity contribution in [1.82, 2.24) is 0 Å². The number of phenolic OH excluding ortho intramolecular Hbond substituents is 2. The molecule has 0 radical (unpaired) electrons. The molecule has 6 N–H and O–H groups in total. The van der Waals surface area contributed by atoms with Crippen LogP contribution >= 0.6 is 0 Å². The number of rotatable bonds is 7. The van der Waals surface area contributed by atoms with Crippen molar-refractivity contribution in [2.45, 2.75) is 68.7 Å². The number of fused-ring (bicyclic) bond motifs is 3. The van der Waals surface area contributed by atoms with Crippen LogP contribution in [0.1, 0.15) is 68.8 Å². The number of aliphatic hydroxyl groups is 3. The number of benzene rings is 2. The molecule has 0 amide bonds. The standard InChI is InChI=1S/C32H37NO14.ClH/c1-14-27(36)17(33(42)7-8-45-22(12-33)44-3)9-21(46-14)47-19-11-32(41,20(35)13-34)10-16-24(19)31(40)26-25(29(16)38)28(37)15-5-4-6-18(43-2)23(15)30(26)39;/h4-6,14,17,19,21-22,27,34,36,41-42H,7-13H2,1-3H3,(H-,37,38,39,40);1H/t14-,17-,19-,21-,22-,27+,32-,33?;/m0./s1. The molecule has 2 fully saturated rings. The Bertz CT molecular complexity index is 1630. The lowest BCUT2D eigenvalue weighted by atomic mass is 9.72. The van der Waals surface area contributed by atoms with Gasteiger partial charge < -0.3 is 61.6 Å². The Balaban J connectivity index is 0.00000451. The van der Waals surface area contributed by atoms with Gasteiger partial charge in [-0.05, 0) is 13.0 Å². The summed E-state index contributed by atoms with van der Waals surface area (Å²) in [6.07, 6.45) is -6.65. The van der Waals surface area contributed by atoms with Crippen molar-refractivity contribution in [2.24, 2.45) is 0 Å². The zero-order valence-electron chi connectivity index (χ0n) is 26.4. The van der Waals surface area contributed by atoms with Gasteiger partial charge in [0.2, 0.25) is 12.1 Å².